The largest absolute Gasteiger partial charge is 0.444 e. The maximum Gasteiger partial charge on any atom is 0.412 e. The molecule has 3 rings (SSSR count). The van der Waals surface area contributed by atoms with E-state index in [1.165, 1.54) is 0 Å². The van der Waals surface area contributed by atoms with Gasteiger partial charge in [-0.15, -0.1) is 0 Å². The van der Waals surface area contributed by atoms with Crippen molar-refractivity contribution < 1.29 is 24.2 Å². The van der Waals surface area contributed by atoms with Gasteiger partial charge in [-0.2, -0.15) is 0 Å². The Kier molecular flexibility index (Phi) is 6.00. The zero-order valence-corrected chi connectivity index (χ0v) is 18.8. The standard InChI is InChI=1S/C24H30N2O5/c1-23(2,3)30-21(28)25-14-7-9-16-17-10-8-15(26-22(29)31-24(4,5)6)12-19(17)20(13-27)18(16)11-14/h7-12,20,27H,13H2,1-6H3,(H,25,28)(H,26,29). The Morgan fingerprint density at radius 3 is 1.52 bits per heavy atom. The van der Waals surface area contributed by atoms with Gasteiger partial charge in [-0.3, -0.25) is 10.6 Å². The van der Waals surface area contributed by atoms with Crippen molar-refractivity contribution in [2.45, 2.75) is 58.7 Å². The molecule has 0 fully saturated rings. The summed E-state index contributed by atoms with van der Waals surface area (Å²) in [6.45, 7) is 10.7. The van der Waals surface area contributed by atoms with Crippen molar-refractivity contribution in [3.63, 3.8) is 0 Å². The predicted octanol–water partition coefficient (Wildman–Crippen LogP) is 5.49. The van der Waals surface area contributed by atoms with E-state index in [9.17, 15) is 14.7 Å². The number of hydrogen-bond donors (Lipinski definition) is 3. The Morgan fingerprint density at radius 1 is 0.806 bits per heavy atom. The minimum absolute atomic E-state index is 0.105. The third kappa shape index (κ3) is 5.55. The molecule has 7 nitrogen and oxygen atoms in total. The van der Waals surface area contributed by atoms with Crippen LogP contribution in [0.4, 0.5) is 21.0 Å². The number of aliphatic hydroxyl groups excluding tert-OH is 1. The number of hydrogen-bond acceptors (Lipinski definition) is 5. The summed E-state index contributed by atoms with van der Waals surface area (Å²) >= 11 is 0. The van der Waals surface area contributed by atoms with Gasteiger partial charge >= 0.3 is 12.2 Å². The van der Waals surface area contributed by atoms with E-state index in [4.69, 9.17) is 9.47 Å². The smallest absolute Gasteiger partial charge is 0.412 e. The number of rotatable bonds is 3. The number of carbonyl (C=O) groups excluding carboxylic acids is 2. The van der Waals surface area contributed by atoms with E-state index in [1.54, 1.807) is 53.7 Å². The summed E-state index contributed by atoms with van der Waals surface area (Å²) in [6.07, 6.45) is -1.07. The molecule has 0 aromatic heterocycles. The molecule has 0 saturated carbocycles. The summed E-state index contributed by atoms with van der Waals surface area (Å²) in [5.41, 5.74) is 3.75. The van der Waals surface area contributed by atoms with Crippen LogP contribution in [-0.4, -0.2) is 35.1 Å². The Balaban J connectivity index is 1.83. The van der Waals surface area contributed by atoms with Crippen LogP contribution < -0.4 is 10.6 Å². The van der Waals surface area contributed by atoms with Crippen LogP contribution in [0.5, 0.6) is 0 Å². The van der Waals surface area contributed by atoms with E-state index >= 15 is 0 Å². The maximum absolute atomic E-state index is 12.1. The van der Waals surface area contributed by atoms with Gasteiger partial charge in [0.05, 0.1) is 6.61 Å². The number of benzene rings is 2. The highest BCUT2D eigenvalue weighted by Gasteiger charge is 2.29. The normalized spacial score (nSPS) is 13.3. The molecule has 7 heteroatoms. The van der Waals surface area contributed by atoms with Crippen LogP contribution in [0.2, 0.25) is 0 Å². The van der Waals surface area contributed by atoms with Gasteiger partial charge in [-0.25, -0.2) is 9.59 Å². The molecule has 0 heterocycles. The van der Waals surface area contributed by atoms with Crippen molar-refractivity contribution >= 4 is 23.6 Å². The highest BCUT2D eigenvalue weighted by atomic mass is 16.6. The lowest BCUT2D eigenvalue weighted by molar-refractivity contribution is 0.0624. The van der Waals surface area contributed by atoms with Crippen molar-refractivity contribution in [3.8, 4) is 11.1 Å². The second-order valence-electron chi connectivity index (χ2n) is 9.59. The molecule has 2 aromatic rings. The first-order chi connectivity index (χ1) is 14.4. The molecule has 3 N–H and O–H groups in total. The molecule has 0 unspecified atom stereocenters. The molecule has 2 aromatic carbocycles. The molecule has 166 valence electrons. The van der Waals surface area contributed by atoms with Crippen molar-refractivity contribution in [2.24, 2.45) is 0 Å². The van der Waals surface area contributed by atoms with Crippen molar-refractivity contribution in [3.05, 3.63) is 47.5 Å². The van der Waals surface area contributed by atoms with E-state index in [2.05, 4.69) is 10.6 Å². The molecule has 0 spiro atoms. The van der Waals surface area contributed by atoms with Crippen molar-refractivity contribution in [1.82, 2.24) is 0 Å². The molecule has 0 atom stereocenters. The van der Waals surface area contributed by atoms with Gasteiger partial charge in [-0.1, -0.05) is 12.1 Å². The molecular weight excluding hydrogens is 396 g/mol. The van der Waals surface area contributed by atoms with E-state index < -0.39 is 23.4 Å². The lowest BCUT2D eigenvalue weighted by atomic mass is 9.97. The van der Waals surface area contributed by atoms with Gasteiger partial charge in [0.2, 0.25) is 0 Å². The average molecular weight is 427 g/mol. The Bertz CT molecular complexity index is 923. The van der Waals surface area contributed by atoms with Gasteiger partial charge in [0, 0.05) is 17.3 Å². The van der Waals surface area contributed by atoms with Gasteiger partial charge in [0.15, 0.2) is 0 Å². The maximum atomic E-state index is 12.1. The molecule has 0 bridgehead atoms. The second kappa shape index (κ2) is 8.23. The quantitative estimate of drug-likeness (QED) is 0.603. The topological polar surface area (TPSA) is 96.9 Å². The van der Waals surface area contributed by atoms with Gasteiger partial charge in [0.1, 0.15) is 11.2 Å². The minimum atomic E-state index is -0.595. The Morgan fingerprint density at radius 2 is 1.19 bits per heavy atom. The number of fused-ring (bicyclic) bond motifs is 3. The fourth-order valence-corrected chi connectivity index (χ4v) is 3.56. The zero-order chi connectivity index (χ0) is 23.0. The first-order valence-corrected chi connectivity index (χ1v) is 10.3. The van der Waals surface area contributed by atoms with Crippen molar-refractivity contribution in [2.75, 3.05) is 17.2 Å². The molecule has 0 radical (unpaired) electrons. The average Bonchev–Trinajstić information content (AvgIpc) is 2.90. The zero-order valence-electron chi connectivity index (χ0n) is 18.8. The first kappa shape index (κ1) is 22.6. The Hall–Kier alpha value is -3.06. The molecule has 31 heavy (non-hydrogen) atoms. The second-order valence-corrected chi connectivity index (χ2v) is 9.59. The van der Waals surface area contributed by atoms with E-state index in [-0.39, 0.29) is 12.5 Å². The lowest BCUT2D eigenvalue weighted by Crippen LogP contribution is -2.27. The number of anilines is 2. The highest BCUT2D eigenvalue weighted by Crippen LogP contribution is 2.46. The van der Waals surface area contributed by atoms with E-state index in [1.807, 2.05) is 24.3 Å². The molecule has 0 saturated heterocycles. The third-order valence-corrected chi connectivity index (χ3v) is 4.62. The number of carbonyl (C=O) groups is 2. The van der Waals surface area contributed by atoms with Gasteiger partial charge < -0.3 is 14.6 Å². The summed E-state index contributed by atoms with van der Waals surface area (Å²) in [5.74, 6) is -0.272. The van der Waals surface area contributed by atoms with Crippen LogP contribution in [0.3, 0.4) is 0 Å². The fraction of sp³-hybridized carbons (Fsp3) is 0.417. The predicted molar refractivity (Wildman–Crippen MR) is 121 cm³/mol. The number of amides is 2. The van der Waals surface area contributed by atoms with E-state index in [0.29, 0.717) is 11.4 Å². The van der Waals surface area contributed by atoms with Crippen LogP contribution in [0, 0.1) is 0 Å². The van der Waals surface area contributed by atoms with E-state index in [0.717, 1.165) is 22.3 Å². The highest BCUT2D eigenvalue weighted by molar-refractivity contribution is 5.90. The number of aliphatic hydroxyl groups is 1. The monoisotopic (exact) mass is 426 g/mol. The molecule has 0 aliphatic heterocycles. The lowest BCUT2D eigenvalue weighted by Gasteiger charge is -2.20. The molecule has 1 aliphatic carbocycles. The first-order valence-electron chi connectivity index (χ1n) is 10.3. The summed E-state index contributed by atoms with van der Waals surface area (Å²) < 4.78 is 10.6. The summed E-state index contributed by atoms with van der Waals surface area (Å²) in [6, 6.07) is 11.1. The number of nitrogens with one attached hydrogen (secondary N) is 2. The Labute approximate surface area is 182 Å². The molecule has 1 aliphatic rings. The van der Waals surface area contributed by atoms with Crippen LogP contribution in [0.1, 0.15) is 58.6 Å². The molecular formula is C24H30N2O5. The van der Waals surface area contributed by atoms with Crippen LogP contribution in [-0.2, 0) is 9.47 Å². The minimum Gasteiger partial charge on any atom is -0.444 e. The van der Waals surface area contributed by atoms with Crippen LogP contribution in [0.25, 0.3) is 11.1 Å². The number of ether oxygens (including phenoxy) is 2. The summed E-state index contributed by atoms with van der Waals surface area (Å²) in [5, 5.41) is 15.6. The van der Waals surface area contributed by atoms with Crippen LogP contribution in [0.15, 0.2) is 36.4 Å². The van der Waals surface area contributed by atoms with Crippen molar-refractivity contribution in [1.29, 1.82) is 0 Å². The summed E-state index contributed by atoms with van der Waals surface area (Å²) in [7, 11) is 0. The molecule has 2 amide bonds. The summed E-state index contributed by atoms with van der Waals surface area (Å²) in [4.78, 5) is 24.2. The van der Waals surface area contributed by atoms with Gasteiger partial charge in [-0.05, 0) is 88.1 Å². The van der Waals surface area contributed by atoms with Gasteiger partial charge in [0.25, 0.3) is 0 Å². The SMILES string of the molecule is CC(C)(C)OC(=O)Nc1ccc2c(c1)C(CO)c1cc(NC(=O)OC(C)(C)C)ccc1-2. The third-order valence-electron chi connectivity index (χ3n) is 4.62. The van der Waals surface area contributed by atoms with Crippen LogP contribution >= 0.6 is 0 Å². The fourth-order valence-electron chi connectivity index (χ4n) is 3.56.